The lowest BCUT2D eigenvalue weighted by Gasteiger charge is -2.07. The van der Waals surface area contributed by atoms with Crippen LogP contribution in [-0.4, -0.2) is 26.3 Å². The third kappa shape index (κ3) is 4.18. The standard InChI is InChI=1S/C17H13ClFN3OS2/c1-2-9-22-16(11-3-5-12(19)6-4-11)20-21-17(22)24-10-13(23)14-7-8-15(18)25-14/h2-8H,1,9-10H2. The number of allylic oxidation sites excluding steroid dienone is 1. The minimum atomic E-state index is -0.312. The van der Waals surface area contributed by atoms with Gasteiger partial charge in [0.25, 0.3) is 0 Å². The summed E-state index contributed by atoms with van der Waals surface area (Å²) < 4.78 is 15.6. The van der Waals surface area contributed by atoms with Gasteiger partial charge in [-0.05, 0) is 36.4 Å². The number of carbonyl (C=O) groups excluding carboxylic acids is 1. The quantitative estimate of drug-likeness (QED) is 0.323. The summed E-state index contributed by atoms with van der Waals surface area (Å²) in [7, 11) is 0. The maximum absolute atomic E-state index is 13.1. The lowest BCUT2D eigenvalue weighted by molar-refractivity contribution is 0.102. The molecule has 0 aliphatic carbocycles. The van der Waals surface area contributed by atoms with Gasteiger partial charge in [0, 0.05) is 12.1 Å². The van der Waals surface area contributed by atoms with Crippen LogP contribution in [0.1, 0.15) is 9.67 Å². The molecular weight excluding hydrogens is 381 g/mol. The van der Waals surface area contributed by atoms with Crippen molar-refractivity contribution in [3.05, 3.63) is 64.1 Å². The highest BCUT2D eigenvalue weighted by atomic mass is 35.5. The van der Waals surface area contributed by atoms with Crippen LogP contribution in [0.2, 0.25) is 4.34 Å². The first-order valence-electron chi connectivity index (χ1n) is 7.30. The maximum Gasteiger partial charge on any atom is 0.192 e. The van der Waals surface area contributed by atoms with Gasteiger partial charge in [-0.3, -0.25) is 9.36 Å². The molecule has 8 heteroatoms. The zero-order valence-corrected chi connectivity index (χ0v) is 15.4. The third-order valence-electron chi connectivity index (χ3n) is 3.31. The Hall–Kier alpha value is -1.96. The maximum atomic E-state index is 13.1. The zero-order valence-electron chi connectivity index (χ0n) is 13.0. The molecule has 3 rings (SSSR count). The fraction of sp³-hybridized carbons (Fsp3) is 0.118. The number of carbonyl (C=O) groups is 1. The summed E-state index contributed by atoms with van der Waals surface area (Å²) in [5.41, 5.74) is 0.749. The molecule has 4 nitrogen and oxygen atoms in total. The molecule has 1 aromatic carbocycles. The molecule has 25 heavy (non-hydrogen) atoms. The first kappa shape index (κ1) is 17.8. The number of hydrogen-bond acceptors (Lipinski definition) is 5. The second kappa shape index (κ2) is 7.95. The third-order valence-corrected chi connectivity index (χ3v) is 5.55. The van der Waals surface area contributed by atoms with Gasteiger partial charge >= 0.3 is 0 Å². The second-order valence-corrected chi connectivity index (χ2v) is 7.69. The molecular formula is C17H13ClFN3OS2. The van der Waals surface area contributed by atoms with Crippen LogP contribution >= 0.6 is 34.7 Å². The van der Waals surface area contributed by atoms with Gasteiger partial charge < -0.3 is 0 Å². The van der Waals surface area contributed by atoms with Crippen molar-refractivity contribution in [1.82, 2.24) is 14.8 Å². The highest BCUT2D eigenvalue weighted by Gasteiger charge is 2.16. The summed E-state index contributed by atoms with van der Waals surface area (Å²) in [6.07, 6.45) is 1.72. The number of nitrogens with zero attached hydrogens (tertiary/aromatic N) is 3. The minimum absolute atomic E-state index is 0.0154. The van der Waals surface area contributed by atoms with Gasteiger partial charge in [0.1, 0.15) is 5.82 Å². The number of hydrogen-bond donors (Lipinski definition) is 0. The van der Waals surface area contributed by atoms with Crippen molar-refractivity contribution >= 4 is 40.5 Å². The Kier molecular flexibility index (Phi) is 5.67. The molecule has 2 heterocycles. The molecule has 128 valence electrons. The molecule has 0 N–H and O–H groups in total. The van der Waals surface area contributed by atoms with Gasteiger partial charge in [0.2, 0.25) is 0 Å². The molecule has 0 bridgehead atoms. The van der Waals surface area contributed by atoms with Gasteiger partial charge in [0.05, 0.1) is 15.0 Å². The summed E-state index contributed by atoms with van der Waals surface area (Å²) >= 11 is 8.42. The fourth-order valence-electron chi connectivity index (χ4n) is 2.17. The van der Waals surface area contributed by atoms with E-state index in [0.717, 1.165) is 5.56 Å². The summed E-state index contributed by atoms with van der Waals surface area (Å²) in [6.45, 7) is 4.23. The molecule has 0 radical (unpaired) electrons. The molecule has 0 atom stereocenters. The number of Topliss-reactive ketones (excluding diaryl/α,β-unsaturated/α-hetero) is 1. The largest absolute Gasteiger partial charge is 0.298 e. The Morgan fingerprint density at radius 3 is 2.68 bits per heavy atom. The highest BCUT2D eigenvalue weighted by molar-refractivity contribution is 7.99. The molecule has 0 fully saturated rings. The van der Waals surface area contributed by atoms with E-state index in [-0.39, 0.29) is 17.4 Å². The van der Waals surface area contributed by atoms with Crippen LogP contribution in [0.25, 0.3) is 11.4 Å². The van der Waals surface area contributed by atoms with E-state index < -0.39 is 0 Å². The van der Waals surface area contributed by atoms with E-state index in [1.54, 1.807) is 30.3 Å². The van der Waals surface area contributed by atoms with E-state index in [0.29, 0.717) is 26.7 Å². The van der Waals surface area contributed by atoms with Crippen LogP contribution in [0.15, 0.2) is 54.2 Å². The lowest BCUT2D eigenvalue weighted by atomic mass is 10.2. The van der Waals surface area contributed by atoms with E-state index >= 15 is 0 Å². The average Bonchev–Trinajstić information content (AvgIpc) is 3.21. The first-order valence-corrected chi connectivity index (χ1v) is 9.48. The van der Waals surface area contributed by atoms with Crippen molar-refractivity contribution in [3.8, 4) is 11.4 Å². The van der Waals surface area contributed by atoms with Crippen molar-refractivity contribution in [1.29, 1.82) is 0 Å². The van der Waals surface area contributed by atoms with Crippen LogP contribution in [0.4, 0.5) is 4.39 Å². The molecule has 0 aliphatic rings. The zero-order chi connectivity index (χ0) is 17.8. The number of thioether (sulfide) groups is 1. The van der Waals surface area contributed by atoms with Crippen LogP contribution in [0.5, 0.6) is 0 Å². The number of rotatable bonds is 7. The number of ketones is 1. The predicted octanol–water partition coefficient (Wildman–Crippen LogP) is 4.96. The van der Waals surface area contributed by atoms with Gasteiger partial charge in [-0.1, -0.05) is 29.4 Å². The Balaban J connectivity index is 1.80. The van der Waals surface area contributed by atoms with E-state index in [4.69, 9.17) is 11.6 Å². The summed E-state index contributed by atoms with van der Waals surface area (Å²) in [5.74, 6) is 0.510. The van der Waals surface area contributed by atoms with Crippen LogP contribution < -0.4 is 0 Å². The Labute approximate surface area is 157 Å². The lowest BCUT2D eigenvalue weighted by Crippen LogP contribution is -2.04. The fourth-order valence-corrected chi connectivity index (χ4v) is 4.07. The number of halogens is 2. The minimum Gasteiger partial charge on any atom is -0.298 e. The van der Waals surface area contributed by atoms with Crippen molar-refractivity contribution in [3.63, 3.8) is 0 Å². The topological polar surface area (TPSA) is 47.8 Å². The Morgan fingerprint density at radius 2 is 2.04 bits per heavy atom. The van der Waals surface area contributed by atoms with Gasteiger partial charge in [-0.15, -0.1) is 28.1 Å². The monoisotopic (exact) mass is 393 g/mol. The van der Waals surface area contributed by atoms with E-state index in [9.17, 15) is 9.18 Å². The molecule has 0 amide bonds. The van der Waals surface area contributed by atoms with Gasteiger partial charge in [-0.25, -0.2) is 4.39 Å². The van der Waals surface area contributed by atoms with Crippen LogP contribution in [0, 0.1) is 5.82 Å². The molecule has 0 aliphatic heterocycles. The highest BCUT2D eigenvalue weighted by Crippen LogP contribution is 2.27. The van der Waals surface area contributed by atoms with Crippen LogP contribution in [0.3, 0.4) is 0 Å². The van der Waals surface area contributed by atoms with Crippen molar-refractivity contribution < 1.29 is 9.18 Å². The normalized spacial score (nSPS) is 10.8. The summed E-state index contributed by atoms with van der Waals surface area (Å²) in [4.78, 5) is 12.8. The molecule has 3 aromatic rings. The number of thiophene rings is 1. The van der Waals surface area contributed by atoms with Crippen molar-refractivity contribution in [2.24, 2.45) is 0 Å². The van der Waals surface area contributed by atoms with Crippen molar-refractivity contribution in [2.45, 2.75) is 11.7 Å². The summed E-state index contributed by atoms with van der Waals surface area (Å²) in [6, 6.07) is 9.46. The van der Waals surface area contributed by atoms with E-state index in [1.165, 1.54) is 35.2 Å². The molecule has 0 saturated carbocycles. The molecule has 0 saturated heterocycles. The first-order chi connectivity index (χ1) is 12.1. The molecule has 0 spiro atoms. The average molecular weight is 394 g/mol. The van der Waals surface area contributed by atoms with E-state index in [1.807, 2.05) is 4.57 Å². The SMILES string of the molecule is C=CCn1c(SCC(=O)c2ccc(Cl)s2)nnc1-c1ccc(F)cc1. The summed E-state index contributed by atoms with van der Waals surface area (Å²) in [5, 5.41) is 8.95. The second-order valence-electron chi connectivity index (χ2n) is 5.03. The smallest absolute Gasteiger partial charge is 0.192 e. The number of aromatic nitrogens is 3. The van der Waals surface area contributed by atoms with Gasteiger partial charge in [0.15, 0.2) is 16.8 Å². The van der Waals surface area contributed by atoms with Crippen molar-refractivity contribution in [2.75, 3.05) is 5.75 Å². The predicted molar refractivity (Wildman–Crippen MR) is 100.0 cm³/mol. The van der Waals surface area contributed by atoms with Gasteiger partial charge in [-0.2, -0.15) is 0 Å². The number of benzene rings is 1. The molecule has 2 aromatic heterocycles. The molecule has 0 unspecified atom stereocenters. The Morgan fingerprint density at radius 1 is 1.28 bits per heavy atom. The van der Waals surface area contributed by atoms with Crippen LogP contribution in [-0.2, 0) is 6.54 Å². The van der Waals surface area contributed by atoms with E-state index in [2.05, 4.69) is 16.8 Å². The Bertz CT molecular complexity index is 905.